The van der Waals surface area contributed by atoms with Gasteiger partial charge in [-0.1, -0.05) is 17.7 Å². The number of aryl methyl sites for hydroxylation is 1. The molecule has 0 spiro atoms. The molecule has 2 rings (SSSR count). The zero-order valence-electron chi connectivity index (χ0n) is 9.26. The van der Waals surface area contributed by atoms with E-state index in [-0.39, 0.29) is 15.7 Å². The van der Waals surface area contributed by atoms with Crippen molar-refractivity contribution >= 4 is 43.4 Å². The lowest BCUT2D eigenvalue weighted by Gasteiger charge is -2.08. The summed E-state index contributed by atoms with van der Waals surface area (Å²) in [6.07, 6.45) is 1.64. The van der Waals surface area contributed by atoms with Gasteiger partial charge in [-0.3, -0.25) is 9.40 Å². The Morgan fingerprint density at radius 2 is 2.11 bits per heavy atom. The van der Waals surface area contributed by atoms with Crippen LogP contribution in [0.1, 0.15) is 0 Å². The van der Waals surface area contributed by atoms with Gasteiger partial charge in [-0.05, 0) is 28.1 Å². The molecule has 5 nitrogen and oxygen atoms in total. The first-order valence-corrected chi connectivity index (χ1v) is 7.52. The van der Waals surface area contributed by atoms with E-state index in [4.69, 9.17) is 11.6 Å². The molecule has 0 unspecified atom stereocenters. The molecule has 0 aliphatic carbocycles. The van der Waals surface area contributed by atoms with Gasteiger partial charge < -0.3 is 0 Å². The van der Waals surface area contributed by atoms with Gasteiger partial charge in [0.25, 0.3) is 10.0 Å². The number of nitrogens with zero attached hydrogens (tertiary/aromatic N) is 2. The van der Waals surface area contributed by atoms with Crippen LogP contribution in [-0.2, 0) is 17.1 Å². The molecule has 8 heteroatoms. The minimum atomic E-state index is -3.77. The number of sulfonamides is 1. The van der Waals surface area contributed by atoms with Crippen LogP contribution in [0.4, 0.5) is 5.82 Å². The molecular formula is C10H9BrClN3O2S. The fourth-order valence-corrected chi connectivity index (χ4v) is 4.13. The number of nitrogens with one attached hydrogen (secondary N) is 1. The summed E-state index contributed by atoms with van der Waals surface area (Å²) in [6.45, 7) is 0. The van der Waals surface area contributed by atoms with Crippen LogP contribution in [0.3, 0.4) is 0 Å². The summed E-state index contributed by atoms with van der Waals surface area (Å²) in [6, 6.07) is 6.34. The second kappa shape index (κ2) is 4.91. The van der Waals surface area contributed by atoms with Gasteiger partial charge in [0.15, 0.2) is 5.82 Å². The van der Waals surface area contributed by atoms with Crippen molar-refractivity contribution in [3.05, 3.63) is 40.0 Å². The van der Waals surface area contributed by atoms with Gasteiger partial charge in [0, 0.05) is 23.8 Å². The molecule has 0 amide bonds. The fraction of sp³-hybridized carbons (Fsp3) is 0.100. The van der Waals surface area contributed by atoms with E-state index in [9.17, 15) is 8.42 Å². The molecule has 0 atom stereocenters. The van der Waals surface area contributed by atoms with Gasteiger partial charge in [0.1, 0.15) is 4.90 Å². The lowest BCUT2D eigenvalue weighted by molar-refractivity contribution is 0.600. The van der Waals surface area contributed by atoms with E-state index < -0.39 is 10.0 Å². The van der Waals surface area contributed by atoms with Gasteiger partial charge in [-0.2, -0.15) is 5.10 Å². The molecule has 0 radical (unpaired) electrons. The molecule has 96 valence electrons. The van der Waals surface area contributed by atoms with Crippen LogP contribution in [0.5, 0.6) is 0 Å². The van der Waals surface area contributed by atoms with Crippen molar-refractivity contribution in [1.29, 1.82) is 0 Å². The van der Waals surface area contributed by atoms with Gasteiger partial charge >= 0.3 is 0 Å². The summed E-state index contributed by atoms with van der Waals surface area (Å²) in [4.78, 5) is -0.00248. The molecule has 0 aliphatic heterocycles. The highest BCUT2D eigenvalue weighted by molar-refractivity contribution is 9.10. The monoisotopic (exact) mass is 349 g/mol. The highest BCUT2D eigenvalue weighted by Gasteiger charge is 2.21. The third-order valence-electron chi connectivity index (χ3n) is 2.14. The summed E-state index contributed by atoms with van der Waals surface area (Å²) in [5, 5.41) is 4.09. The van der Waals surface area contributed by atoms with Crippen molar-refractivity contribution in [3.63, 3.8) is 0 Å². The molecule has 2 aromatic rings. The molecule has 0 saturated heterocycles. The van der Waals surface area contributed by atoms with E-state index in [1.165, 1.54) is 10.7 Å². The van der Waals surface area contributed by atoms with Crippen LogP contribution >= 0.6 is 27.5 Å². The Morgan fingerprint density at radius 1 is 1.39 bits per heavy atom. The number of benzene rings is 1. The van der Waals surface area contributed by atoms with Crippen LogP contribution in [0.2, 0.25) is 5.02 Å². The summed E-state index contributed by atoms with van der Waals surface area (Å²) >= 11 is 9.08. The van der Waals surface area contributed by atoms with Crippen LogP contribution in [0, 0.1) is 0 Å². The summed E-state index contributed by atoms with van der Waals surface area (Å²) < 4.78 is 28.6. The SMILES string of the molecule is Cn1ccc(NS(=O)(=O)c2c(Cl)cccc2Br)n1. The van der Waals surface area contributed by atoms with Crippen LogP contribution < -0.4 is 4.72 Å². The number of hydrogen-bond donors (Lipinski definition) is 1. The predicted octanol–water partition coefficient (Wildman–Crippen LogP) is 2.64. The molecule has 0 aliphatic rings. The normalized spacial score (nSPS) is 11.5. The first kappa shape index (κ1) is 13.4. The molecule has 1 N–H and O–H groups in total. The second-order valence-electron chi connectivity index (χ2n) is 3.53. The van der Waals surface area contributed by atoms with E-state index in [2.05, 4.69) is 25.8 Å². The van der Waals surface area contributed by atoms with Crippen molar-refractivity contribution < 1.29 is 8.42 Å². The quantitative estimate of drug-likeness (QED) is 0.925. The second-order valence-corrected chi connectivity index (χ2v) is 6.41. The Bertz CT molecular complexity index is 664. The van der Waals surface area contributed by atoms with E-state index >= 15 is 0 Å². The standard InChI is InChI=1S/C10H9BrClN3O2S/c1-15-6-5-9(13-15)14-18(16,17)10-7(11)3-2-4-8(10)12/h2-6H,1H3,(H,13,14). The number of anilines is 1. The van der Waals surface area contributed by atoms with Crippen LogP contribution in [-0.4, -0.2) is 18.2 Å². The Hall–Kier alpha value is -1.05. The summed E-state index contributed by atoms with van der Waals surface area (Å²) in [7, 11) is -2.07. The molecule has 1 aromatic heterocycles. The molecule has 0 saturated carbocycles. The molecule has 18 heavy (non-hydrogen) atoms. The third-order valence-corrected chi connectivity index (χ3v) is 4.95. The van der Waals surface area contributed by atoms with Crippen molar-refractivity contribution in [2.75, 3.05) is 4.72 Å². The summed E-state index contributed by atoms with van der Waals surface area (Å²) in [5.74, 6) is 0.240. The van der Waals surface area contributed by atoms with Crippen LogP contribution in [0.15, 0.2) is 39.8 Å². The molecular weight excluding hydrogens is 342 g/mol. The minimum Gasteiger partial charge on any atom is -0.274 e. The average molecular weight is 351 g/mol. The van der Waals surface area contributed by atoms with E-state index in [0.29, 0.717) is 4.47 Å². The molecule has 1 aromatic carbocycles. The van der Waals surface area contributed by atoms with Crippen molar-refractivity contribution in [2.45, 2.75) is 4.90 Å². The molecule has 0 bridgehead atoms. The first-order valence-electron chi connectivity index (χ1n) is 4.86. The molecule has 0 fully saturated rings. The van der Waals surface area contributed by atoms with E-state index in [0.717, 1.165) is 0 Å². The summed E-state index contributed by atoms with van der Waals surface area (Å²) in [5.41, 5.74) is 0. The Kier molecular flexibility index (Phi) is 3.65. The average Bonchev–Trinajstić information content (AvgIpc) is 2.62. The van der Waals surface area contributed by atoms with Crippen molar-refractivity contribution in [3.8, 4) is 0 Å². The smallest absolute Gasteiger partial charge is 0.265 e. The lowest BCUT2D eigenvalue weighted by Crippen LogP contribution is -2.14. The minimum absolute atomic E-state index is 0.00248. The highest BCUT2D eigenvalue weighted by Crippen LogP contribution is 2.30. The van der Waals surface area contributed by atoms with E-state index in [1.807, 2.05) is 0 Å². The Morgan fingerprint density at radius 3 is 2.67 bits per heavy atom. The third kappa shape index (κ3) is 2.68. The van der Waals surface area contributed by atoms with Crippen LogP contribution in [0.25, 0.3) is 0 Å². The maximum atomic E-state index is 12.2. The van der Waals surface area contributed by atoms with Crippen molar-refractivity contribution in [2.24, 2.45) is 7.05 Å². The molecule has 1 heterocycles. The topological polar surface area (TPSA) is 64.0 Å². The number of rotatable bonds is 3. The maximum absolute atomic E-state index is 12.2. The Labute approximate surface area is 118 Å². The zero-order chi connectivity index (χ0) is 13.3. The lowest BCUT2D eigenvalue weighted by atomic mass is 10.4. The van der Waals surface area contributed by atoms with Gasteiger partial charge in [0.2, 0.25) is 0 Å². The highest BCUT2D eigenvalue weighted by atomic mass is 79.9. The Balaban J connectivity index is 2.43. The first-order chi connectivity index (χ1) is 8.40. The predicted molar refractivity (Wildman–Crippen MR) is 73.2 cm³/mol. The largest absolute Gasteiger partial charge is 0.274 e. The number of hydrogen-bond acceptors (Lipinski definition) is 3. The maximum Gasteiger partial charge on any atom is 0.265 e. The number of halogens is 2. The fourth-order valence-electron chi connectivity index (χ4n) is 1.40. The number of aromatic nitrogens is 2. The van der Waals surface area contributed by atoms with Gasteiger partial charge in [-0.25, -0.2) is 8.42 Å². The van der Waals surface area contributed by atoms with Gasteiger partial charge in [-0.15, -0.1) is 0 Å². The van der Waals surface area contributed by atoms with Gasteiger partial charge in [0.05, 0.1) is 5.02 Å². The zero-order valence-corrected chi connectivity index (χ0v) is 12.4. The van der Waals surface area contributed by atoms with E-state index in [1.54, 1.807) is 31.4 Å². The van der Waals surface area contributed by atoms with Crippen molar-refractivity contribution in [1.82, 2.24) is 9.78 Å².